The Hall–Kier alpha value is -2.36. The molecule has 1 N–H and O–H groups in total. The van der Waals surface area contributed by atoms with E-state index in [2.05, 4.69) is 19.8 Å². The molecule has 0 fully saturated rings. The number of anilines is 1. The molecule has 0 unspecified atom stereocenters. The quantitative estimate of drug-likeness (QED) is 0.332. The van der Waals surface area contributed by atoms with Gasteiger partial charge in [0.05, 0.1) is 0 Å². The van der Waals surface area contributed by atoms with E-state index >= 15 is 0 Å². The topological polar surface area (TPSA) is 120 Å². The summed E-state index contributed by atoms with van der Waals surface area (Å²) in [7, 11) is 0. The standard InChI is InChI=1S/C11H13N4O5S/c1-11(2,3)20-8(18)5-19-14-7(4-16)9-13-10(12-6-17)21-15-9/h6H,5H2,1-3H3,(H,12,13,15,17). The highest BCUT2D eigenvalue weighted by molar-refractivity contribution is 7.10. The normalized spacial score (nSPS) is 11.7. The first-order valence-electron chi connectivity index (χ1n) is 5.70. The van der Waals surface area contributed by atoms with Crippen molar-refractivity contribution in [2.24, 2.45) is 5.16 Å². The Kier molecular flexibility index (Phi) is 5.91. The zero-order valence-corrected chi connectivity index (χ0v) is 12.4. The molecule has 1 amide bonds. The molecule has 0 aliphatic carbocycles. The Morgan fingerprint density at radius 3 is 2.81 bits per heavy atom. The summed E-state index contributed by atoms with van der Waals surface area (Å²) < 4.78 is 8.77. The van der Waals surface area contributed by atoms with E-state index in [-0.39, 0.29) is 16.7 Å². The molecule has 0 aliphatic heterocycles. The molecular weight excluding hydrogens is 300 g/mol. The lowest BCUT2D eigenvalue weighted by atomic mass is 10.2. The Morgan fingerprint density at radius 2 is 2.24 bits per heavy atom. The molecule has 0 aromatic carbocycles. The maximum atomic E-state index is 11.4. The highest BCUT2D eigenvalue weighted by atomic mass is 32.1. The van der Waals surface area contributed by atoms with Gasteiger partial charge in [0, 0.05) is 11.5 Å². The van der Waals surface area contributed by atoms with Crippen LogP contribution in [0.1, 0.15) is 26.6 Å². The van der Waals surface area contributed by atoms with E-state index < -0.39 is 18.2 Å². The van der Waals surface area contributed by atoms with E-state index in [9.17, 15) is 14.4 Å². The summed E-state index contributed by atoms with van der Waals surface area (Å²) in [6, 6.07) is 0. The minimum absolute atomic E-state index is 0.0662. The molecule has 0 aliphatic rings. The summed E-state index contributed by atoms with van der Waals surface area (Å²) in [5, 5.41) is 5.88. The minimum atomic E-state index is -0.643. The molecule has 0 atom stereocenters. The summed E-state index contributed by atoms with van der Waals surface area (Å²) >= 11 is 0.855. The number of ether oxygens (including phenoxy) is 1. The van der Waals surface area contributed by atoms with Gasteiger partial charge in [0.1, 0.15) is 5.60 Å². The summed E-state index contributed by atoms with van der Waals surface area (Å²) in [4.78, 5) is 40.9. The molecule has 21 heavy (non-hydrogen) atoms. The number of amides is 1. The van der Waals surface area contributed by atoms with Crippen molar-refractivity contribution in [3.63, 3.8) is 0 Å². The molecule has 1 heterocycles. The lowest BCUT2D eigenvalue weighted by Crippen LogP contribution is -2.26. The van der Waals surface area contributed by atoms with Crippen LogP contribution in [-0.4, -0.2) is 45.9 Å². The van der Waals surface area contributed by atoms with Gasteiger partial charge in [-0.3, -0.25) is 9.59 Å². The third-order valence-electron chi connectivity index (χ3n) is 1.68. The first kappa shape index (κ1) is 16.7. The van der Waals surface area contributed by atoms with Crippen molar-refractivity contribution in [3.8, 4) is 0 Å². The van der Waals surface area contributed by atoms with E-state index in [1.54, 1.807) is 20.8 Å². The van der Waals surface area contributed by atoms with Crippen LogP contribution in [0.5, 0.6) is 0 Å². The van der Waals surface area contributed by atoms with Crippen molar-refractivity contribution in [2.45, 2.75) is 26.4 Å². The summed E-state index contributed by atoms with van der Waals surface area (Å²) in [5.41, 5.74) is -0.968. The fraction of sp³-hybridized carbons (Fsp3) is 0.455. The van der Waals surface area contributed by atoms with Gasteiger partial charge in [0.2, 0.25) is 24.0 Å². The average molecular weight is 313 g/mol. The van der Waals surface area contributed by atoms with Crippen molar-refractivity contribution < 1.29 is 24.0 Å². The van der Waals surface area contributed by atoms with Crippen LogP contribution in [0.25, 0.3) is 0 Å². The first-order chi connectivity index (χ1) is 9.85. The number of rotatable bonds is 7. The van der Waals surface area contributed by atoms with Crippen LogP contribution >= 0.6 is 11.5 Å². The lowest BCUT2D eigenvalue weighted by molar-refractivity contribution is -0.160. The van der Waals surface area contributed by atoms with E-state index in [1.165, 1.54) is 6.29 Å². The second kappa shape index (κ2) is 7.43. The maximum Gasteiger partial charge on any atom is 0.347 e. The number of oxime groups is 1. The van der Waals surface area contributed by atoms with Crippen molar-refractivity contribution in [1.82, 2.24) is 9.36 Å². The maximum absolute atomic E-state index is 11.4. The number of hydrogen-bond donors (Lipinski definition) is 1. The van der Waals surface area contributed by atoms with E-state index in [0.29, 0.717) is 6.41 Å². The summed E-state index contributed by atoms with van der Waals surface area (Å²) in [5.74, 6) is -0.699. The molecule has 9 nitrogen and oxygen atoms in total. The molecule has 0 spiro atoms. The molecule has 1 aromatic heterocycles. The SMILES string of the molecule is CC(C)(C)OC(=O)CON=C([C]=O)c1nsc(NC=O)n1. The van der Waals surface area contributed by atoms with Crippen LogP contribution < -0.4 is 5.32 Å². The molecular formula is C11H13N4O5S. The van der Waals surface area contributed by atoms with E-state index in [1.807, 2.05) is 0 Å². The van der Waals surface area contributed by atoms with E-state index in [0.717, 1.165) is 11.5 Å². The van der Waals surface area contributed by atoms with Crippen LogP contribution in [0.15, 0.2) is 5.16 Å². The van der Waals surface area contributed by atoms with Gasteiger partial charge in [-0.15, -0.1) is 0 Å². The van der Waals surface area contributed by atoms with Gasteiger partial charge in [0.25, 0.3) is 6.29 Å². The predicted octanol–water partition coefficient (Wildman–Crippen LogP) is 0.278. The number of nitrogens with zero attached hydrogens (tertiary/aromatic N) is 3. The molecule has 113 valence electrons. The van der Waals surface area contributed by atoms with Gasteiger partial charge in [-0.1, -0.05) is 5.16 Å². The highest BCUT2D eigenvalue weighted by Gasteiger charge is 2.17. The Balaban J connectivity index is 2.61. The number of nitrogens with one attached hydrogen (secondary N) is 1. The van der Waals surface area contributed by atoms with Crippen molar-refractivity contribution in [1.29, 1.82) is 0 Å². The average Bonchev–Trinajstić information content (AvgIpc) is 2.81. The number of carbonyl (C=O) groups is 2. The number of hydrogen-bond acceptors (Lipinski definition) is 9. The Morgan fingerprint density at radius 1 is 1.52 bits per heavy atom. The second-order valence-corrected chi connectivity index (χ2v) is 5.34. The van der Waals surface area contributed by atoms with Crippen LogP contribution in [0.2, 0.25) is 0 Å². The molecule has 0 saturated heterocycles. The predicted molar refractivity (Wildman–Crippen MR) is 73.6 cm³/mol. The van der Waals surface area contributed by atoms with Crippen molar-refractivity contribution >= 4 is 41.0 Å². The molecule has 1 rings (SSSR count). The highest BCUT2D eigenvalue weighted by Crippen LogP contribution is 2.10. The fourth-order valence-corrected chi connectivity index (χ4v) is 1.58. The summed E-state index contributed by atoms with van der Waals surface area (Å²) in [6.07, 6.45) is 1.91. The fourth-order valence-electron chi connectivity index (χ4n) is 1.05. The smallest absolute Gasteiger partial charge is 0.347 e. The first-order valence-corrected chi connectivity index (χ1v) is 6.47. The monoisotopic (exact) mass is 313 g/mol. The lowest BCUT2D eigenvalue weighted by Gasteiger charge is -2.18. The van der Waals surface area contributed by atoms with Crippen molar-refractivity contribution in [2.75, 3.05) is 11.9 Å². The van der Waals surface area contributed by atoms with Gasteiger partial charge in [0.15, 0.2) is 5.71 Å². The van der Waals surface area contributed by atoms with Gasteiger partial charge in [-0.25, -0.2) is 4.79 Å². The van der Waals surface area contributed by atoms with E-state index in [4.69, 9.17) is 9.57 Å². The van der Waals surface area contributed by atoms with Crippen LogP contribution in [0.4, 0.5) is 5.13 Å². The molecule has 0 bridgehead atoms. The minimum Gasteiger partial charge on any atom is -0.457 e. The van der Waals surface area contributed by atoms with Gasteiger partial charge >= 0.3 is 5.97 Å². The largest absolute Gasteiger partial charge is 0.457 e. The third kappa shape index (κ3) is 6.08. The molecule has 0 saturated carbocycles. The zero-order valence-electron chi connectivity index (χ0n) is 11.6. The third-order valence-corrected chi connectivity index (χ3v) is 2.32. The number of esters is 1. The van der Waals surface area contributed by atoms with Crippen LogP contribution in [0, 0.1) is 0 Å². The summed E-state index contributed by atoms with van der Waals surface area (Å²) in [6.45, 7) is 4.66. The molecule has 1 radical (unpaired) electrons. The van der Waals surface area contributed by atoms with Gasteiger partial charge in [-0.2, -0.15) is 9.36 Å². The molecule has 10 heteroatoms. The molecule has 1 aromatic rings. The zero-order chi connectivity index (χ0) is 15.9. The van der Waals surface area contributed by atoms with Crippen LogP contribution in [-0.2, 0) is 24.0 Å². The van der Waals surface area contributed by atoms with Gasteiger partial charge < -0.3 is 14.9 Å². The second-order valence-electron chi connectivity index (χ2n) is 4.59. The van der Waals surface area contributed by atoms with Crippen molar-refractivity contribution in [3.05, 3.63) is 5.82 Å². The van der Waals surface area contributed by atoms with Crippen LogP contribution in [0.3, 0.4) is 0 Å². The Bertz CT molecular complexity index is 549. The Labute approximate surface area is 124 Å². The number of aromatic nitrogens is 2. The number of carbonyl (C=O) groups excluding carboxylic acids is 3. The van der Waals surface area contributed by atoms with Gasteiger partial charge in [-0.05, 0) is 20.8 Å².